The highest BCUT2D eigenvalue weighted by Gasteiger charge is 2.21. The van der Waals surface area contributed by atoms with Crippen molar-refractivity contribution in [3.8, 4) is 0 Å². The lowest BCUT2D eigenvalue weighted by Gasteiger charge is -2.25. The van der Waals surface area contributed by atoms with Crippen LogP contribution in [0.4, 0.5) is 10.5 Å². The predicted octanol–water partition coefficient (Wildman–Crippen LogP) is 1.64. The van der Waals surface area contributed by atoms with Gasteiger partial charge < -0.3 is 15.8 Å². The zero-order valence-corrected chi connectivity index (χ0v) is 7.69. The number of para-hydroxylation sites is 1. The van der Waals surface area contributed by atoms with Gasteiger partial charge in [-0.25, -0.2) is 4.79 Å². The summed E-state index contributed by atoms with van der Waals surface area (Å²) in [6.45, 7) is 0.801. The Morgan fingerprint density at radius 3 is 3.07 bits per heavy atom. The highest BCUT2D eigenvalue weighted by Crippen LogP contribution is 2.31. The van der Waals surface area contributed by atoms with Crippen LogP contribution in [0.25, 0.3) is 0 Å². The van der Waals surface area contributed by atoms with Gasteiger partial charge in [0.15, 0.2) is 0 Å². The molecule has 2 rings (SSSR count). The van der Waals surface area contributed by atoms with Crippen LogP contribution in [0.15, 0.2) is 24.3 Å². The summed E-state index contributed by atoms with van der Waals surface area (Å²) >= 11 is 0. The molecule has 74 valence electrons. The topological polar surface area (TPSA) is 64.4 Å². The maximum absolute atomic E-state index is 10.7. The lowest BCUT2D eigenvalue weighted by Crippen LogP contribution is -2.23. The molecule has 0 aliphatic carbocycles. The summed E-state index contributed by atoms with van der Waals surface area (Å²) < 4.78 is 5.02. The number of amides is 1. The van der Waals surface area contributed by atoms with Gasteiger partial charge in [0.1, 0.15) is 6.10 Å². The first-order valence-corrected chi connectivity index (χ1v) is 4.56. The van der Waals surface area contributed by atoms with Crippen LogP contribution in [0.1, 0.15) is 18.1 Å². The summed E-state index contributed by atoms with van der Waals surface area (Å²) in [5.41, 5.74) is 7.02. The van der Waals surface area contributed by atoms with Gasteiger partial charge in [-0.3, -0.25) is 0 Å². The number of anilines is 1. The first-order chi connectivity index (χ1) is 6.77. The summed E-state index contributed by atoms with van der Waals surface area (Å²) in [6, 6.07) is 7.77. The van der Waals surface area contributed by atoms with Crippen molar-refractivity contribution < 1.29 is 9.53 Å². The van der Waals surface area contributed by atoms with E-state index in [9.17, 15) is 4.79 Å². The van der Waals surface area contributed by atoms with Gasteiger partial charge in [0.2, 0.25) is 0 Å². The normalized spacial score (nSPS) is 19.3. The van der Waals surface area contributed by atoms with Crippen molar-refractivity contribution in [3.63, 3.8) is 0 Å². The Hall–Kier alpha value is -1.71. The van der Waals surface area contributed by atoms with Gasteiger partial charge in [0.25, 0.3) is 0 Å². The highest BCUT2D eigenvalue weighted by molar-refractivity contribution is 5.66. The van der Waals surface area contributed by atoms with Crippen molar-refractivity contribution in [2.45, 2.75) is 12.5 Å². The Morgan fingerprint density at radius 1 is 1.50 bits per heavy atom. The quantitative estimate of drug-likeness (QED) is 0.710. The van der Waals surface area contributed by atoms with Gasteiger partial charge in [-0.05, 0) is 6.07 Å². The van der Waals surface area contributed by atoms with Crippen LogP contribution >= 0.6 is 0 Å². The van der Waals surface area contributed by atoms with E-state index in [2.05, 4.69) is 5.32 Å². The second-order valence-electron chi connectivity index (χ2n) is 3.23. The second kappa shape index (κ2) is 3.57. The number of carbonyl (C=O) groups is 1. The zero-order valence-electron chi connectivity index (χ0n) is 7.69. The third kappa shape index (κ3) is 1.64. The Balaban J connectivity index is 2.26. The van der Waals surface area contributed by atoms with E-state index in [1.54, 1.807) is 0 Å². The molecule has 1 amide bonds. The standard InChI is InChI=1S/C10H12N2O2/c11-10(13)14-9-5-6-12-8-4-2-1-3-7(8)9/h1-4,9,12H,5-6H2,(H2,11,13). The fraction of sp³-hybridized carbons (Fsp3) is 0.300. The van der Waals surface area contributed by atoms with Gasteiger partial charge in [0.05, 0.1) is 0 Å². The molecule has 1 heterocycles. The minimum atomic E-state index is -0.716. The number of nitrogens with one attached hydrogen (secondary N) is 1. The lowest BCUT2D eigenvalue weighted by atomic mass is 10.0. The molecule has 0 bridgehead atoms. The van der Waals surface area contributed by atoms with Gasteiger partial charge >= 0.3 is 6.09 Å². The van der Waals surface area contributed by atoms with Crippen molar-refractivity contribution in [1.29, 1.82) is 0 Å². The molecule has 1 aromatic rings. The molecule has 0 aromatic heterocycles. The van der Waals surface area contributed by atoms with Gasteiger partial charge in [0, 0.05) is 24.2 Å². The largest absolute Gasteiger partial charge is 0.441 e. The minimum Gasteiger partial charge on any atom is -0.441 e. The van der Waals surface area contributed by atoms with E-state index in [-0.39, 0.29) is 6.10 Å². The maximum Gasteiger partial charge on any atom is 0.405 e. The molecule has 14 heavy (non-hydrogen) atoms. The van der Waals surface area contributed by atoms with Crippen molar-refractivity contribution >= 4 is 11.8 Å². The summed E-state index contributed by atoms with van der Waals surface area (Å²) in [5, 5.41) is 3.23. The van der Waals surface area contributed by atoms with Crippen LogP contribution in [0.2, 0.25) is 0 Å². The molecule has 0 radical (unpaired) electrons. The molecule has 3 N–H and O–H groups in total. The Bertz CT molecular complexity index is 352. The fourth-order valence-electron chi connectivity index (χ4n) is 1.69. The second-order valence-corrected chi connectivity index (χ2v) is 3.23. The summed E-state index contributed by atoms with van der Waals surface area (Å²) in [7, 11) is 0. The average Bonchev–Trinajstić information content (AvgIpc) is 2.18. The molecule has 0 saturated heterocycles. The Kier molecular flexibility index (Phi) is 2.26. The first-order valence-electron chi connectivity index (χ1n) is 4.56. The van der Waals surface area contributed by atoms with Crippen LogP contribution in [-0.2, 0) is 4.74 Å². The molecule has 1 unspecified atom stereocenters. The molecule has 1 aliphatic rings. The van der Waals surface area contributed by atoms with Gasteiger partial charge in [-0.2, -0.15) is 0 Å². The van der Waals surface area contributed by atoms with Crippen LogP contribution < -0.4 is 11.1 Å². The third-order valence-electron chi connectivity index (χ3n) is 2.29. The highest BCUT2D eigenvalue weighted by atomic mass is 16.6. The molecular formula is C10H12N2O2. The summed E-state index contributed by atoms with van der Waals surface area (Å²) in [6.07, 6.45) is -0.156. The number of nitrogens with two attached hydrogens (primary N) is 1. The number of hydrogen-bond acceptors (Lipinski definition) is 3. The van der Waals surface area contributed by atoms with Crippen molar-refractivity contribution in [2.24, 2.45) is 5.73 Å². The summed E-state index contributed by atoms with van der Waals surface area (Å²) in [4.78, 5) is 10.7. The molecular weight excluding hydrogens is 180 g/mol. The Morgan fingerprint density at radius 2 is 2.29 bits per heavy atom. The number of fused-ring (bicyclic) bond motifs is 1. The number of benzene rings is 1. The number of hydrogen-bond donors (Lipinski definition) is 2. The van der Waals surface area contributed by atoms with Crippen molar-refractivity contribution in [1.82, 2.24) is 0 Å². The van der Waals surface area contributed by atoms with Crippen LogP contribution in [0.5, 0.6) is 0 Å². The molecule has 4 heteroatoms. The molecule has 0 saturated carbocycles. The van der Waals surface area contributed by atoms with E-state index >= 15 is 0 Å². The number of carbonyl (C=O) groups excluding carboxylic acids is 1. The zero-order chi connectivity index (χ0) is 9.97. The molecule has 1 atom stereocenters. The van der Waals surface area contributed by atoms with E-state index in [4.69, 9.17) is 10.5 Å². The Labute approximate surface area is 82.1 Å². The smallest absolute Gasteiger partial charge is 0.405 e. The average molecular weight is 192 g/mol. The predicted molar refractivity (Wildman–Crippen MR) is 53.0 cm³/mol. The molecule has 0 spiro atoms. The van der Waals surface area contributed by atoms with Crippen molar-refractivity contribution in [2.75, 3.05) is 11.9 Å². The maximum atomic E-state index is 10.7. The van der Waals surface area contributed by atoms with Crippen LogP contribution in [0, 0.1) is 0 Å². The molecule has 4 nitrogen and oxygen atoms in total. The van der Waals surface area contributed by atoms with E-state index in [0.717, 1.165) is 24.2 Å². The lowest BCUT2D eigenvalue weighted by molar-refractivity contribution is 0.102. The van der Waals surface area contributed by atoms with E-state index in [1.807, 2.05) is 24.3 Å². The van der Waals surface area contributed by atoms with Gasteiger partial charge in [-0.1, -0.05) is 18.2 Å². The summed E-state index contributed by atoms with van der Waals surface area (Å²) in [5.74, 6) is 0. The van der Waals surface area contributed by atoms with Gasteiger partial charge in [-0.15, -0.1) is 0 Å². The first kappa shape index (κ1) is 8.87. The van der Waals surface area contributed by atoms with E-state index in [0.29, 0.717) is 0 Å². The number of rotatable bonds is 1. The molecule has 1 aromatic carbocycles. The van der Waals surface area contributed by atoms with E-state index in [1.165, 1.54) is 0 Å². The monoisotopic (exact) mass is 192 g/mol. The van der Waals surface area contributed by atoms with Crippen LogP contribution in [-0.4, -0.2) is 12.6 Å². The minimum absolute atomic E-state index is 0.204. The molecule has 0 fully saturated rings. The fourth-order valence-corrected chi connectivity index (χ4v) is 1.69. The number of ether oxygens (including phenoxy) is 1. The SMILES string of the molecule is NC(=O)OC1CCNc2ccccc21. The molecule has 1 aliphatic heterocycles. The van der Waals surface area contributed by atoms with E-state index < -0.39 is 6.09 Å². The number of primary amides is 1. The third-order valence-corrected chi connectivity index (χ3v) is 2.29. The van der Waals surface area contributed by atoms with Crippen LogP contribution in [0.3, 0.4) is 0 Å². The van der Waals surface area contributed by atoms with Crippen molar-refractivity contribution in [3.05, 3.63) is 29.8 Å².